The van der Waals surface area contributed by atoms with E-state index in [-0.39, 0.29) is 0 Å². The fourth-order valence-electron chi connectivity index (χ4n) is 2.90. The summed E-state index contributed by atoms with van der Waals surface area (Å²) in [5.74, 6) is 0.630. The molecule has 2 heterocycles. The molecule has 3 nitrogen and oxygen atoms in total. The molecule has 20 heavy (non-hydrogen) atoms. The van der Waals surface area contributed by atoms with E-state index < -0.39 is 0 Å². The lowest BCUT2D eigenvalue weighted by Crippen LogP contribution is -2.40. The molecule has 1 aliphatic heterocycles. The zero-order valence-electron chi connectivity index (χ0n) is 12.2. The van der Waals surface area contributed by atoms with Crippen LogP contribution in [0.15, 0.2) is 30.3 Å². The predicted octanol–water partition coefficient (Wildman–Crippen LogP) is 3.06. The van der Waals surface area contributed by atoms with Gasteiger partial charge in [0.15, 0.2) is 0 Å². The van der Waals surface area contributed by atoms with E-state index in [9.17, 15) is 0 Å². The Balaban J connectivity index is 1.80. The Kier molecular flexibility index (Phi) is 3.99. The number of para-hydroxylation sites is 1. The number of hydrogen-bond donors (Lipinski definition) is 1. The van der Waals surface area contributed by atoms with Crippen LogP contribution in [0.4, 0.5) is 0 Å². The van der Waals surface area contributed by atoms with E-state index in [1.54, 1.807) is 0 Å². The van der Waals surface area contributed by atoms with Crippen LogP contribution < -0.4 is 5.32 Å². The molecule has 0 spiro atoms. The van der Waals surface area contributed by atoms with Crippen LogP contribution in [0.1, 0.15) is 24.6 Å². The van der Waals surface area contributed by atoms with Gasteiger partial charge in [0.05, 0.1) is 18.2 Å². The highest BCUT2D eigenvalue weighted by Gasteiger charge is 2.21. The Morgan fingerprint density at radius 2 is 2.20 bits per heavy atom. The maximum atomic E-state index is 6.15. The number of hydrogen-bond acceptors (Lipinski definition) is 3. The Bertz CT molecular complexity index is 597. The molecule has 106 valence electrons. The minimum absolute atomic E-state index is 0.316. The van der Waals surface area contributed by atoms with Crippen LogP contribution >= 0.6 is 0 Å². The molecular weight excluding hydrogens is 248 g/mol. The predicted molar refractivity (Wildman–Crippen MR) is 81.7 cm³/mol. The maximum absolute atomic E-state index is 6.15. The number of ether oxygens (including phenoxy) is 1. The highest BCUT2D eigenvalue weighted by Crippen LogP contribution is 2.21. The van der Waals surface area contributed by atoms with Crippen LogP contribution in [0.25, 0.3) is 10.9 Å². The third kappa shape index (κ3) is 2.84. The normalized spacial score (nSPS) is 23.1. The monoisotopic (exact) mass is 270 g/mol. The second kappa shape index (κ2) is 5.90. The topological polar surface area (TPSA) is 34.1 Å². The van der Waals surface area contributed by atoms with Crippen LogP contribution in [0.2, 0.25) is 0 Å². The Labute approximate surface area is 120 Å². The average molecular weight is 270 g/mol. The van der Waals surface area contributed by atoms with E-state index >= 15 is 0 Å². The summed E-state index contributed by atoms with van der Waals surface area (Å²) in [7, 11) is 0. The van der Waals surface area contributed by atoms with Crippen molar-refractivity contribution in [3.8, 4) is 0 Å². The lowest BCUT2D eigenvalue weighted by atomic mass is 9.97. The standard InChI is InChI=1S/C17H22N2O/c1-12-7-8-18-10-17(12)20-11-14-9-13(2)19-16-6-4-3-5-15(14)16/h3-6,9,12,17-18H,7-8,10-11H2,1-2H3. The van der Waals surface area contributed by atoms with Crippen molar-refractivity contribution >= 4 is 10.9 Å². The molecule has 1 fully saturated rings. The van der Waals surface area contributed by atoms with Gasteiger partial charge in [0.1, 0.15) is 0 Å². The number of fused-ring (bicyclic) bond motifs is 1. The highest BCUT2D eigenvalue weighted by atomic mass is 16.5. The molecule has 1 aromatic carbocycles. The molecule has 1 aliphatic rings. The summed E-state index contributed by atoms with van der Waals surface area (Å²) in [6.45, 7) is 7.06. The molecular formula is C17H22N2O. The third-order valence-corrected chi connectivity index (χ3v) is 4.14. The summed E-state index contributed by atoms with van der Waals surface area (Å²) in [4.78, 5) is 4.58. The average Bonchev–Trinajstić information content (AvgIpc) is 2.46. The number of aromatic nitrogens is 1. The van der Waals surface area contributed by atoms with Gasteiger partial charge in [-0.2, -0.15) is 0 Å². The van der Waals surface area contributed by atoms with E-state index in [1.807, 2.05) is 13.0 Å². The molecule has 0 saturated carbocycles. The molecule has 1 aromatic heterocycles. The second-order valence-electron chi connectivity index (χ2n) is 5.76. The van der Waals surface area contributed by atoms with Crippen LogP contribution in [-0.4, -0.2) is 24.2 Å². The van der Waals surface area contributed by atoms with Gasteiger partial charge in [-0.15, -0.1) is 0 Å². The quantitative estimate of drug-likeness (QED) is 0.930. The molecule has 2 aromatic rings. The molecule has 3 heteroatoms. The van der Waals surface area contributed by atoms with Crippen LogP contribution in [0, 0.1) is 12.8 Å². The zero-order valence-corrected chi connectivity index (χ0v) is 12.2. The van der Waals surface area contributed by atoms with Gasteiger partial charge >= 0.3 is 0 Å². The molecule has 2 unspecified atom stereocenters. The maximum Gasteiger partial charge on any atom is 0.0729 e. The molecule has 0 radical (unpaired) electrons. The smallest absolute Gasteiger partial charge is 0.0729 e. The molecule has 1 saturated heterocycles. The highest BCUT2D eigenvalue weighted by molar-refractivity contribution is 5.82. The van der Waals surface area contributed by atoms with E-state index in [0.717, 1.165) is 24.3 Å². The minimum Gasteiger partial charge on any atom is -0.372 e. The lowest BCUT2D eigenvalue weighted by Gasteiger charge is -2.29. The summed E-state index contributed by atoms with van der Waals surface area (Å²) >= 11 is 0. The number of nitrogens with one attached hydrogen (secondary N) is 1. The van der Waals surface area contributed by atoms with Gasteiger partial charge < -0.3 is 10.1 Å². The number of rotatable bonds is 3. The van der Waals surface area contributed by atoms with Crippen molar-refractivity contribution in [3.05, 3.63) is 41.6 Å². The Hall–Kier alpha value is -1.45. The Morgan fingerprint density at radius 1 is 1.35 bits per heavy atom. The van der Waals surface area contributed by atoms with Gasteiger partial charge in [0.2, 0.25) is 0 Å². The van der Waals surface area contributed by atoms with Gasteiger partial charge in [0, 0.05) is 17.6 Å². The van der Waals surface area contributed by atoms with Crippen LogP contribution in [0.3, 0.4) is 0 Å². The molecule has 0 amide bonds. The van der Waals surface area contributed by atoms with Crippen molar-refractivity contribution in [2.24, 2.45) is 5.92 Å². The summed E-state index contributed by atoms with van der Waals surface area (Å²) in [6, 6.07) is 10.4. The van der Waals surface area contributed by atoms with Crippen molar-refractivity contribution in [2.75, 3.05) is 13.1 Å². The fraction of sp³-hybridized carbons (Fsp3) is 0.471. The SMILES string of the molecule is Cc1cc(COC2CNCCC2C)c2ccccc2n1. The Morgan fingerprint density at radius 3 is 3.05 bits per heavy atom. The van der Waals surface area contributed by atoms with Gasteiger partial charge in [-0.05, 0) is 43.5 Å². The summed E-state index contributed by atoms with van der Waals surface area (Å²) in [6.07, 6.45) is 1.51. The molecule has 0 bridgehead atoms. The first-order valence-corrected chi connectivity index (χ1v) is 7.41. The van der Waals surface area contributed by atoms with E-state index in [2.05, 4.69) is 41.5 Å². The van der Waals surface area contributed by atoms with Crippen LogP contribution in [-0.2, 0) is 11.3 Å². The van der Waals surface area contributed by atoms with Gasteiger partial charge in [-0.1, -0.05) is 25.1 Å². The largest absolute Gasteiger partial charge is 0.372 e. The van der Waals surface area contributed by atoms with Crippen LogP contribution in [0.5, 0.6) is 0 Å². The number of benzene rings is 1. The first-order chi connectivity index (χ1) is 9.74. The van der Waals surface area contributed by atoms with Crippen molar-refractivity contribution in [1.29, 1.82) is 0 Å². The van der Waals surface area contributed by atoms with Gasteiger partial charge in [0.25, 0.3) is 0 Å². The van der Waals surface area contributed by atoms with E-state index in [1.165, 1.54) is 17.4 Å². The summed E-state index contributed by atoms with van der Waals surface area (Å²) < 4.78 is 6.15. The molecule has 0 aliphatic carbocycles. The molecule has 3 rings (SSSR count). The lowest BCUT2D eigenvalue weighted by molar-refractivity contribution is -0.00613. The van der Waals surface area contributed by atoms with Gasteiger partial charge in [-0.3, -0.25) is 4.98 Å². The van der Waals surface area contributed by atoms with Crippen molar-refractivity contribution in [2.45, 2.75) is 33.0 Å². The van der Waals surface area contributed by atoms with E-state index in [0.29, 0.717) is 18.6 Å². The number of piperidine rings is 1. The number of nitrogens with zero attached hydrogens (tertiary/aromatic N) is 1. The van der Waals surface area contributed by atoms with Crippen molar-refractivity contribution in [3.63, 3.8) is 0 Å². The zero-order chi connectivity index (χ0) is 13.9. The van der Waals surface area contributed by atoms with Crippen molar-refractivity contribution < 1.29 is 4.74 Å². The summed E-state index contributed by atoms with van der Waals surface area (Å²) in [5.41, 5.74) is 3.35. The number of pyridine rings is 1. The minimum atomic E-state index is 0.316. The molecule has 1 N–H and O–H groups in total. The van der Waals surface area contributed by atoms with Crippen molar-refractivity contribution in [1.82, 2.24) is 10.3 Å². The molecule has 2 atom stereocenters. The number of aryl methyl sites for hydroxylation is 1. The van der Waals surface area contributed by atoms with E-state index in [4.69, 9.17) is 4.74 Å². The second-order valence-corrected chi connectivity index (χ2v) is 5.76. The fourth-order valence-corrected chi connectivity index (χ4v) is 2.90. The first-order valence-electron chi connectivity index (χ1n) is 7.41. The first kappa shape index (κ1) is 13.5. The summed E-state index contributed by atoms with van der Waals surface area (Å²) in [5, 5.41) is 4.62. The third-order valence-electron chi connectivity index (χ3n) is 4.14. The van der Waals surface area contributed by atoms with Gasteiger partial charge in [-0.25, -0.2) is 0 Å².